The highest BCUT2D eigenvalue weighted by Gasteiger charge is 1.94. The van der Waals surface area contributed by atoms with Crippen molar-refractivity contribution in [2.45, 2.75) is 19.6 Å². The third-order valence-electron chi connectivity index (χ3n) is 3.30. The summed E-state index contributed by atoms with van der Waals surface area (Å²) in [5, 5.41) is 3.41. The lowest BCUT2D eigenvalue weighted by Crippen LogP contribution is -2.16. The number of hydrogen-bond donors (Lipinski definition) is 1. The Kier molecular flexibility index (Phi) is 8.32. The molecule has 0 aliphatic heterocycles. The smallest absolute Gasteiger partial charge is 0.0718 e. The van der Waals surface area contributed by atoms with Crippen molar-refractivity contribution in [3.05, 3.63) is 71.8 Å². The molecule has 2 aromatic rings. The average Bonchev–Trinajstić information content (AvgIpc) is 2.58. The number of hydrogen-bond acceptors (Lipinski definition) is 3. The molecule has 0 fully saturated rings. The molecule has 3 heteroatoms. The second-order valence-electron chi connectivity index (χ2n) is 5.17. The Morgan fingerprint density at radius 1 is 0.682 bits per heavy atom. The summed E-state index contributed by atoms with van der Waals surface area (Å²) in [6.45, 7) is 4.62. The highest BCUT2D eigenvalue weighted by atomic mass is 16.5. The van der Waals surface area contributed by atoms with E-state index in [4.69, 9.17) is 9.47 Å². The van der Waals surface area contributed by atoms with Crippen LogP contribution in [-0.2, 0) is 22.6 Å². The molecule has 3 nitrogen and oxygen atoms in total. The largest absolute Gasteiger partial charge is 0.379 e. The van der Waals surface area contributed by atoms with Gasteiger partial charge in [-0.05, 0) is 24.1 Å². The third kappa shape index (κ3) is 7.36. The summed E-state index contributed by atoms with van der Waals surface area (Å²) in [7, 11) is 0. The van der Waals surface area contributed by atoms with Gasteiger partial charge in [0.05, 0.1) is 19.8 Å². The summed E-state index contributed by atoms with van der Waals surface area (Å²) in [6.07, 6.45) is 1.02. The van der Waals surface area contributed by atoms with Crippen LogP contribution in [0.1, 0.15) is 17.5 Å². The number of rotatable bonds is 11. The van der Waals surface area contributed by atoms with Gasteiger partial charge in [-0.15, -0.1) is 0 Å². The monoisotopic (exact) mass is 299 g/mol. The first-order chi connectivity index (χ1) is 10.9. The first kappa shape index (κ1) is 16.7. The minimum atomic E-state index is 0.645. The van der Waals surface area contributed by atoms with Crippen LogP contribution < -0.4 is 5.32 Å². The predicted molar refractivity (Wildman–Crippen MR) is 89.7 cm³/mol. The average molecular weight is 299 g/mol. The fourth-order valence-electron chi connectivity index (χ4n) is 2.11. The predicted octanol–water partition coefficient (Wildman–Crippen LogP) is 3.40. The van der Waals surface area contributed by atoms with Crippen molar-refractivity contribution in [2.24, 2.45) is 0 Å². The van der Waals surface area contributed by atoms with E-state index in [-0.39, 0.29) is 0 Å². The van der Waals surface area contributed by atoms with Crippen LogP contribution in [-0.4, -0.2) is 26.4 Å². The fraction of sp³-hybridized carbons (Fsp3) is 0.368. The van der Waals surface area contributed by atoms with E-state index in [1.165, 1.54) is 11.1 Å². The molecule has 0 aliphatic rings. The van der Waals surface area contributed by atoms with Crippen LogP contribution >= 0.6 is 0 Å². The Bertz CT molecular complexity index is 440. The SMILES string of the molecule is c1ccc(CNCCCOCCOCc2ccccc2)cc1. The summed E-state index contributed by atoms with van der Waals surface area (Å²) < 4.78 is 11.1. The summed E-state index contributed by atoms with van der Waals surface area (Å²) >= 11 is 0. The fourth-order valence-corrected chi connectivity index (χ4v) is 2.11. The summed E-state index contributed by atoms with van der Waals surface area (Å²) in [5.74, 6) is 0. The molecule has 0 atom stereocenters. The topological polar surface area (TPSA) is 30.5 Å². The summed E-state index contributed by atoms with van der Waals surface area (Å²) in [4.78, 5) is 0. The van der Waals surface area contributed by atoms with Crippen molar-refractivity contribution in [3.63, 3.8) is 0 Å². The van der Waals surface area contributed by atoms with E-state index >= 15 is 0 Å². The summed E-state index contributed by atoms with van der Waals surface area (Å²) in [5.41, 5.74) is 2.52. The molecule has 0 radical (unpaired) electrons. The van der Waals surface area contributed by atoms with E-state index in [0.29, 0.717) is 19.8 Å². The lowest BCUT2D eigenvalue weighted by Gasteiger charge is -2.07. The highest BCUT2D eigenvalue weighted by molar-refractivity contribution is 5.14. The maximum atomic E-state index is 5.56. The number of ether oxygens (including phenoxy) is 2. The Morgan fingerprint density at radius 3 is 2.05 bits per heavy atom. The van der Waals surface area contributed by atoms with Gasteiger partial charge in [0, 0.05) is 13.2 Å². The molecule has 0 saturated heterocycles. The summed E-state index contributed by atoms with van der Waals surface area (Å²) in [6, 6.07) is 20.6. The van der Waals surface area contributed by atoms with Gasteiger partial charge in [0.15, 0.2) is 0 Å². The van der Waals surface area contributed by atoms with Gasteiger partial charge < -0.3 is 14.8 Å². The molecule has 0 spiro atoms. The van der Waals surface area contributed by atoms with Crippen LogP contribution in [0.5, 0.6) is 0 Å². The van der Waals surface area contributed by atoms with E-state index in [1.807, 2.05) is 24.3 Å². The molecule has 0 unspecified atom stereocenters. The van der Waals surface area contributed by atoms with Crippen LogP contribution in [0.15, 0.2) is 60.7 Å². The van der Waals surface area contributed by atoms with E-state index in [1.54, 1.807) is 0 Å². The molecule has 0 amide bonds. The van der Waals surface area contributed by atoms with E-state index in [0.717, 1.165) is 26.1 Å². The Hall–Kier alpha value is -1.68. The molecule has 2 rings (SSSR count). The quantitative estimate of drug-likeness (QED) is 0.645. The Balaban J connectivity index is 1.37. The van der Waals surface area contributed by atoms with Gasteiger partial charge in [0.25, 0.3) is 0 Å². The zero-order valence-corrected chi connectivity index (χ0v) is 13.0. The van der Waals surface area contributed by atoms with E-state index in [2.05, 4.69) is 41.7 Å². The highest BCUT2D eigenvalue weighted by Crippen LogP contribution is 2.00. The third-order valence-corrected chi connectivity index (χ3v) is 3.30. The molecule has 0 bridgehead atoms. The molecule has 0 saturated carbocycles. The van der Waals surface area contributed by atoms with Gasteiger partial charge in [-0.1, -0.05) is 60.7 Å². The van der Waals surface area contributed by atoms with Crippen molar-refractivity contribution >= 4 is 0 Å². The minimum absolute atomic E-state index is 0.645. The van der Waals surface area contributed by atoms with E-state index < -0.39 is 0 Å². The zero-order valence-electron chi connectivity index (χ0n) is 13.0. The molecule has 0 aromatic heterocycles. The molecule has 1 N–H and O–H groups in total. The number of nitrogens with one attached hydrogen (secondary N) is 1. The van der Waals surface area contributed by atoms with Gasteiger partial charge in [0.1, 0.15) is 0 Å². The lowest BCUT2D eigenvalue weighted by atomic mass is 10.2. The molecule has 0 heterocycles. The van der Waals surface area contributed by atoms with Gasteiger partial charge in [-0.2, -0.15) is 0 Å². The maximum Gasteiger partial charge on any atom is 0.0718 e. The maximum absolute atomic E-state index is 5.56. The van der Waals surface area contributed by atoms with Crippen LogP contribution in [0.3, 0.4) is 0 Å². The first-order valence-corrected chi connectivity index (χ1v) is 7.89. The van der Waals surface area contributed by atoms with Crippen LogP contribution in [0.2, 0.25) is 0 Å². The van der Waals surface area contributed by atoms with Crippen LogP contribution in [0, 0.1) is 0 Å². The number of benzene rings is 2. The van der Waals surface area contributed by atoms with Crippen LogP contribution in [0.4, 0.5) is 0 Å². The minimum Gasteiger partial charge on any atom is -0.379 e. The second kappa shape index (κ2) is 11.0. The van der Waals surface area contributed by atoms with Crippen molar-refractivity contribution in [1.82, 2.24) is 5.32 Å². The Labute approximate surface area is 133 Å². The molecular weight excluding hydrogens is 274 g/mol. The standard InChI is InChI=1S/C19H25NO2/c1-3-8-18(9-4-1)16-20-12-7-13-21-14-15-22-17-19-10-5-2-6-11-19/h1-6,8-11,20H,7,12-17H2. The molecule has 118 valence electrons. The lowest BCUT2D eigenvalue weighted by molar-refractivity contribution is 0.0399. The molecule has 22 heavy (non-hydrogen) atoms. The molecular formula is C19H25NO2. The van der Waals surface area contributed by atoms with Gasteiger partial charge in [-0.3, -0.25) is 0 Å². The normalized spacial score (nSPS) is 10.7. The van der Waals surface area contributed by atoms with Gasteiger partial charge in [-0.25, -0.2) is 0 Å². The van der Waals surface area contributed by atoms with Crippen molar-refractivity contribution in [1.29, 1.82) is 0 Å². The van der Waals surface area contributed by atoms with Crippen LogP contribution in [0.25, 0.3) is 0 Å². The van der Waals surface area contributed by atoms with Gasteiger partial charge >= 0.3 is 0 Å². The van der Waals surface area contributed by atoms with Crippen molar-refractivity contribution in [2.75, 3.05) is 26.4 Å². The zero-order chi connectivity index (χ0) is 15.3. The van der Waals surface area contributed by atoms with Gasteiger partial charge in [0.2, 0.25) is 0 Å². The molecule has 2 aromatic carbocycles. The molecule has 0 aliphatic carbocycles. The first-order valence-electron chi connectivity index (χ1n) is 7.89. The van der Waals surface area contributed by atoms with E-state index in [9.17, 15) is 0 Å². The Morgan fingerprint density at radius 2 is 1.32 bits per heavy atom. The van der Waals surface area contributed by atoms with Crippen molar-refractivity contribution < 1.29 is 9.47 Å². The van der Waals surface area contributed by atoms with Crippen molar-refractivity contribution in [3.8, 4) is 0 Å². The second-order valence-corrected chi connectivity index (χ2v) is 5.17.